The number of nitrogens with zero attached hydrogens (tertiary/aromatic N) is 1. The van der Waals surface area contributed by atoms with Crippen LogP contribution >= 0.6 is 11.3 Å². The number of hydrogen-bond donors (Lipinski definition) is 1. The molecule has 1 N–H and O–H groups in total. The van der Waals surface area contributed by atoms with Crippen LogP contribution in [0.15, 0.2) is 11.4 Å². The Bertz CT molecular complexity index is 400. The summed E-state index contributed by atoms with van der Waals surface area (Å²) in [6, 6.07) is 1.55. The lowest BCUT2D eigenvalue weighted by molar-refractivity contribution is -0.144. The first-order chi connectivity index (χ1) is 8.09. The van der Waals surface area contributed by atoms with Gasteiger partial charge in [0.1, 0.15) is 6.04 Å². The normalized spacial score (nSPS) is 20.5. The Morgan fingerprint density at radius 1 is 1.65 bits per heavy atom. The molecule has 4 heteroatoms. The van der Waals surface area contributed by atoms with Crippen molar-refractivity contribution in [3.05, 3.63) is 21.9 Å². The van der Waals surface area contributed by atoms with Gasteiger partial charge in [-0.3, -0.25) is 9.69 Å². The molecule has 1 aromatic heterocycles. The maximum Gasteiger partial charge on any atom is 0.325 e. The largest absolute Gasteiger partial charge is 0.480 e. The predicted molar refractivity (Wildman–Crippen MR) is 69.4 cm³/mol. The Kier molecular flexibility index (Phi) is 3.84. The Labute approximate surface area is 106 Å². The van der Waals surface area contributed by atoms with Crippen molar-refractivity contribution in [2.75, 3.05) is 13.1 Å². The fourth-order valence-electron chi connectivity index (χ4n) is 2.32. The average Bonchev–Trinajstić information content (AvgIpc) is 2.72. The van der Waals surface area contributed by atoms with E-state index in [0.717, 1.165) is 31.5 Å². The van der Waals surface area contributed by atoms with Gasteiger partial charge in [-0.15, -0.1) is 11.3 Å². The smallest absolute Gasteiger partial charge is 0.325 e. The van der Waals surface area contributed by atoms with Crippen LogP contribution in [0.25, 0.3) is 0 Å². The predicted octanol–water partition coefficient (Wildman–Crippen LogP) is 2.78. The van der Waals surface area contributed by atoms with E-state index in [1.807, 2.05) is 11.4 Å². The number of fused-ring (bicyclic) bond motifs is 1. The van der Waals surface area contributed by atoms with Crippen molar-refractivity contribution in [2.45, 2.75) is 32.7 Å². The van der Waals surface area contributed by atoms with Crippen molar-refractivity contribution in [3.63, 3.8) is 0 Å². The van der Waals surface area contributed by atoms with Crippen LogP contribution in [0.1, 0.15) is 36.8 Å². The van der Waals surface area contributed by atoms with Gasteiger partial charge in [0.15, 0.2) is 0 Å². The van der Waals surface area contributed by atoms with Gasteiger partial charge in [-0.2, -0.15) is 0 Å². The Morgan fingerprint density at radius 3 is 3.06 bits per heavy atom. The third kappa shape index (κ3) is 2.69. The molecule has 1 aliphatic heterocycles. The summed E-state index contributed by atoms with van der Waals surface area (Å²) >= 11 is 1.68. The second-order valence-corrected chi connectivity index (χ2v) is 6.01. The zero-order valence-electron chi connectivity index (χ0n) is 10.3. The average molecular weight is 253 g/mol. The summed E-state index contributed by atoms with van der Waals surface area (Å²) in [6.07, 6.45) is 2.05. The Hall–Kier alpha value is -0.870. The summed E-state index contributed by atoms with van der Waals surface area (Å²) in [4.78, 5) is 14.8. The molecule has 2 rings (SSSR count). The van der Waals surface area contributed by atoms with Crippen LogP contribution in [-0.4, -0.2) is 29.1 Å². The molecule has 0 radical (unpaired) electrons. The lowest BCUT2D eigenvalue weighted by Gasteiger charge is -2.33. The van der Waals surface area contributed by atoms with Gasteiger partial charge < -0.3 is 5.11 Å². The minimum atomic E-state index is -0.715. The Morgan fingerprint density at radius 2 is 2.41 bits per heavy atom. The first kappa shape index (κ1) is 12.6. The minimum Gasteiger partial charge on any atom is -0.480 e. The molecule has 0 bridgehead atoms. The number of rotatable bonds is 4. The van der Waals surface area contributed by atoms with Gasteiger partial charge in [0.05, 0.1) is 0 Å². The van der Waals surface area contributed by atoms with E-state index < -0.39 is 12.0 Å². The lowest BCUT2D eigenvalue weighted by atomic mass is 9.99. The monoisotopic (exact) mass is 253 g/mol. The summed E-state index contributed by atoms with van der Waals surface area (Å²) in [5.74, 6) is -0.0959. The fourth-order valence-corrected chi connectivity index (χ4v) is 3.23. The molecule has 0 aromatic carbocycles. The van der Waals surface area contributed by atoms with E-state index in [9.17, 15) is 9.90 Å². The van der Waals surface area contributed by atoms with Crippen LogP contribution in [0, 0.1) is 5.92 Å². The summed E-state index contributed by atoms with van der Waals surface area (Å²) in [7, 11) is 0. The van der Waals surface area contributed by atoms with Crippen molar-refractivity contribution in [3.8, 4) is 0 Å². The van der Waals surface area contributed by atoms with Crippen LogP contribution in [0.3, 0.4) is 0 Å². The highest BCUT2D eigenvalue weighted by molar-refractivity contribution is 7.10. The van der Waals surface area contributed by atoms with E-state index in [1.165, 1.54) is 4.88 Å². The second kappa shape index (κ2) is 5.19. The van der Waals surface area contributed by atoms with Gasteiger partial charge in [-0.25, -0.2) is 0 Å². The standard InChI is InChI=1S/C13H19NO2S/c1-9(2)3-6-14-7-4-11-10(5-8-17-11)12(14)13(15)16/h5,8-9,12H,3-4,6-7H2,1-2H3,(H,15,16). The van der Waals surface area contributed by atoms with Crippen molar-refractivity contribution in [1.29, 1.82) is 0 Å². The molecular formula is C13H19NO2S. The molecular weight excluding hydrogens is 234 g/mol. The van der Waals surface area contributed by atoms with Crippen LogP contribution in [-0.2, 0) is 11.2 Å². The quantitative estimate of drug-likeness (QED) is 0.897. The van der Waals surface area contributed by atoms with Crippen molar-refractivity contribution < 1.29 is 9.90 Å². The molecule has 2 heterocycles. The lowest BCUT2D eigenvalue weighted by Crippen LogP contribution is -2.39. The molecule has 1 unspecified atom stereocenters. The topological polar surface area (TPSA) is 40.5 Å². The van der Waals surface area contributed by atoms with Crippen LogP contribution < -0.4 is 0 Å². The van der Waals surface area contributed by atoms with Gasteiger partial charge in [0.25, 0.3) is 0 Å². The maximum atomic E-state index is 11.4. The van der Waals surface area contributed by atoms with E-state index in [1.54, 1.807) is 11.3 Å². The number of hydrogen-bond acceptors (Lipinski definition) is 3. The summed E-state index contributed by atoms with van der Waals surface area (Å²) in [6.45, 7) is 6.10. The molecule has 3 nitrogen and oxygen atoms in total. The van der Waals surface area contributed by atoms with E-state index in [4.69, 9.17) is 0 Å². The van der Waals surface area contributed by atoms with E-state index in [-0.39, 0.29) is 0 Å². The van der Waals surface area contributed by atoms with Crippen molar-refractivity contribution in [2.24, 2.45) is 5.92 Å². The summed E-state index contributed by atoms with van der Waals surface area (Å²) in [5.41, 5.74) is 1.01. The molecule has 17 heavy (non-hydrogen) atoms. The highest BCUT2D eigenvalue weighted by Gasteiger charge is 2.33. The van der Waals surface area contributed by atoms with Crippen LogP contribution in [0.5, 0.6) is 0 Å². The molecule has 1 aromatic rings. The molecule has 94 valence electrons. The van der Waals surface area contributed by atoms with E-state index in [2.05, 4.69) is 18.7 Å². The molecule has 0 fully saturated rings. The first-order valence-electron chi connectivity index (χ1n) is 6.12. The van der Waals surface area contributed by atoms with E-state index in [0.29, 0.717) is 5.92 Å². The summed E-state index contributed by atoms with van der Waals surface area (Å²) < 4.78 is 0. The maximum absolute atomic E-state index is 11.4. The van der Waals surface area contributed by atoms with E-state index >= 15 is 0 Å². The van der Waals surface area contributed by atoms with Gasteiger partial charge in [-0.1, -0.05) is 13.8 Å². The first-order valence-corrected chi connectivity index (χ1v) is 7.00. The van der Waals surface area contributed by atoms with Crippen LogP contribution in [0.2, 0.25) is 0 Å². The zero-order chi connectivity index (χ0) is 12.4. The number of carbonyl (C=O) groups is 1. The molecule has 0 saturated heterocycles. The number of carboxylic acids is 1. The third-order valence-corrected chi connectivity index (χ3v) is 4.29. The molecule has 0 saturated carbocycles. The van der Waals surface area contributed by atoms with Crippen molar-refractivity contribution >= 4 is 17.3 Å². The van der Waals surface area contributed by atoms with Gasteiger partial charge in [-0.05, 0) is 42.3 Å². The number of carboxylic acid groups (broad SMARTS) is 1. The molecule has 1 aliphatic rings. The molecule has 0 amide bonds. The SMILES string of the molecule is CC(C)CCN1CCc2sccc2C1C(=O)O. The van der Waals surface area contributed by atoms with Gasteiger partial charge in [0, 0.05) is 11.4 Å². The minimum absolute atomic E-state index is 0.427. The molecule has 0 spiro atoms. The van der Waals surface area contributed by atoms with Gasteiger partial charge in [0.2, 0.25) is 0 Å². The van der Waals surface area contributed by atoms with Crippen LogP contribution in [0.4, 0.5) is 0 Å². The molecule has 0 aliphatic carbocycles. The van der Waals surface area contributed by atoms with Gasteiger partial charge >= 0.3 is 5.97 Å². The highest BCUT2D eigenvalue weighted by atomic mass is 32.1. The van der Waals surface area contributed by atoms with Crippen molar-refractivity contribution in [1.82, 2.24) is 4.90 Å². The second-order valence-electron chi connectivity index (χ2n) is 5.01. The zero-order valence-corrected chi connectivity index (χ0v) is 11.2. The highest BCUT2D eigenvalue weighted by Crippen LogP contribution is 2.33. The Balaban J connectivity index is 2.16. The number of aliphatic carboxylic acids is 1. The number of thiophene rings is 1. The fraction of sp³-hybridized carbons (Fsp3) is 0.615. The summed E-state index contributed by atoms with van der Waals surface area (Å²) in [5, 5.41) is 11.4. The third-order valence-electron chi connectivity index (χ3n) is 3.29. The molecule has 1 atom stereocenters.